The van der Waals surface area contributed by atoms with Crippen LogP contribution in [0.15, 0.2) is 18.2 Å². The molecular formula is C14H22N2O2. The summed E-state index contributed by atoms with van der Waals surface area (Å²) < 4.78 is 11.0. The Morgan fingerprint density at radius 1 is 1.22 bits per heavy atom. The first-order valence-corrected chi connectivity index (χ1v) is 6.58. The van der Waals surface area contributed by atoms with Crippen molar-refractivity contribution in [3.05, 3.63) is 18.2 Å². The van der Waals surface area contributed by atoms with Gasteiger partial charge in [-0.25, -0.2) is 0 Å². The fourth-order valence-electron chi connectivity index (χ4n) is 2.28. The Balaban J connectivity index is 1.75. The van der Waals surface area contributed by atoms with E-state index in [1.54, 1.807) is 13.2 Å². The molecule has 1 aliphatic rings. The Kier molecular flexibility index (Phi) is 4.70. The Hall–Kier alpha value is -1.42. The number of likely N-dealkylation sites (tertiary alicyclic amines) is 1. The Bertz CT molecular complexity index is 376. The predicted octanol–water partition coefficient (Wildman–Crippen LogP) is 2.14. The van der Waals surface area contributed by atoms with Gasteiger partial charge in [-0.05, 0) is 44.5 Å². The smallest absolute Gasteiger partial charge is 0.162 e. The van der Waals surface area contributed by atoms with Gasteiger partial charge in [0.25, 0.3) is 0 Å². The van der Waals surface area contributed by atoms with Crippen LogP contribution in [-0.4, -0.2) is 38.3 Å². The second-order valence-electron chi connectivity index (χ2n) is 4.66. The molecule has 1 saturated heterocycles. The van der Waals surface area contributed by atoms with Crippen LogP contribution in [0.4, 0.5) is 5.69 Å². The molecule has 1 fully saturated rings. The van der Waals surface area contributed by atoms with Crippen LogP contribution in [0, 0.1) is 0 Å². The second kappa shape index (κ2) is 6.50. The molecule has 18 heavy (non-hydrogen) atoms. The third-order valence-electron chi connectivity index (χ3n) is 3.26. The maximum atomic E-state index is 5.74. The zero-order valence-electron chi connectivity index (χ0n) is 11.0. The molecule has 2 N–H and O–H groups in total. The quantitative estimate of drug-likeness (QED) is 0.621. The van der Waals surface area contributed by atoms with Gasteiger partial charge in [0.05, 0.1) is 13.7 Å². The Labute approximate surface area is 109 Å². The molecule has 0 saturated carbocycles. The van der Waals surface area contributed by atoms with E-state index in [1.165, 1.54) is 25.9 Å². The van der Waals surface area contributed by atoms with Gasteiger partial charge in [0.2, 0.25) is 0 Å². The molecule has 1 aromatic rings. The van der Waals surface area contributed by atoms with Crippen molar-refractivity contribution in [3.63, 3.8) is 0 Å². The number of rotatable bonds is 6. The largest absolute Gasteiger partial charge is 0.493 e. The molecule has 0 unspecified atom stereocenters. The molecule has 0 spiro atoms. The van der Waals surface area contributed by atoms with Crippen molar-refractivity contribution in [2.45, 2.75) is 19.3 Å². The fraction of sp³-hybridized carbons (Fsp3) is 0.571. The molecule has 0 aliphatic carbocycles. The van der Waals surface area contributed by atoms with Crippen molar-refractivity contribution in [1.29, 1.82) is 0 Å². The Morgan fingerprint density at radius 3 is 2.72 bits per heavy atom. The maximum absolute atomic E-state index is 5.74. The summed E-state index contributed by atoms with van der Waals surface area (Å²) in [5.41, 5.74) is 6.39. The summed E-state index contributed by atoms with van der Waals surface area (Å²) in [6.07, 6.45) is 3.73. The van der Waals surface area contributed by atoms with E-state index in [0.717, 1.165) is 25.3 Å². The van der Waals surface area contributed by atoms with Gasteiger partial charge in [0, 0.05) is 18.3 Å². The van der Waals surface area contributed by atoms with Gasteiger partial charge in [-0.1, -0.05) is 0 Å². The third-order valence-corrected chi connectivity index (χ3v) is 3.26. The number of anilines is 1. The second-order valence-corrected chi connectivity index (χ2v) is 4.66. The minimum absolute atomic E-state index is 0.691. The molecule has 0 aromatic heterocycles. The lowest BCUT2D eigenvalue weighted by atomic mass is 10.3. The highest BCUT2D eigenvalue weighted by Gasteiger charge is 2.10. The highest BCUT2D eigenvalue weighted by atomic mass is 16.5. The summed E-state index contributed by atoms with van der Waals surface area (Å²) in [6.45, 7) is 4.32. The highest BCUT2D eigenvalue weighted by Crippen LogP contribution is 2.28. The van der Waals surface area contributed by atoms with E-state index in [9.17, 15) is 0 Å². The molecule has 100 valence electrons. The molecular weight excluding hydrogens is 228 g/mol. The number of ether oxygens (including phenoxy) is 2. The van der Waals surface area contributed by atoms with E-state index in [-0.39, 0.29) is 0 Å². The number of hydrogen-bond donors (Lipinski definition) is 1. The standard InChI is InChI=1S/C14H22N2O2/c1-17-14-11-12(15)5-6-13(14)18-10-4-9-16-7-2-3-8-16/h5-6,11H,2-4,7-10,15H2,1H3. The third kappa shape index (κ3) is 3.53. The van der Waals surface area contributed by atoms with Crippen molar-refractivity contribution in [2.75, 3.05) is 39.1 Å². The zero-order chi connectivity index (χ0) is 12.8. The average molecular weight is 250 g/mol. The lowest BCUT2D eigenvalue weighted by molar-refractivity contribution is 0.254. The molecule has 4 heteroatoms. The summed E-state index contributed by atoms with van der Waals surface area (Å²) in [7, 11) is 1.63. The van der Waals surface area contributed by atoms with Gasteiger partial charge in [-0.3, -0.25) is 0 Å². The van der Waals surface area contributed by atoms with Gasteiger partial charge in [0.1, 0.15) is 0 Å². The van der Waals surface area contributed by atoms with E-state index in [0.29, 0.717) is 11.4 Å². The highest BCUT2D eigenvalue weighted by molar-refractivity contribution is 5.51. The zero-order valence-corrected chi connectivity index (χ0v) is 11.0. The number of nitrogens with two attached hydrogens (primary N) is 1. The van der Waals surface area contributed by atoms with Crippen molar-refractivity contribution in [1.82, 2.24) is 4.90 Å². The van der Waals surface area contributed by atoms with E-state index < -0.39 is 0 Å². The summed E-state index contributed by atoms with van der Waals surface area (Å²) in [5, 5.41) is 0. The SMILES string of the molecule is COc1cc(N)ccc1OCCCN1CCCC1. The first kappa shape index (κ1) is 13.0. The molecule has 1 aromatic carbocycles. The number of nitrogens with zero attached hydrogens (tertiary/aromatic N) is 1. The van der Waals surface area contributed by atoms with Crippen LogP contribution in [0.1, 0.15) is 19.3 Å². The lowest BCUT2D eigenvalue weighted by Crippen LogP contribution is -2.21. The summed E-state index contributed by atoms with van der Waals surface area (Å²) in [5.74, 6) is 1.48. The topological polar surface area (TPSA) is 47.7 Å². The monoisotopic (exact) mass is 250 g/mol. The molecule has 4 nitrogen and oxygen atoms in total. The van der Waals surface area contributed by atoms with Gasteiger partial charge in [-0.15, -0.1) is 0 Å². The van der Waals surface area contributed by atoms with Crippen LogP contribution in [0.3, 0.4) is 0 Å². The molecule has 0 atom stereocenters. The minimum atomic E-state index is 0.691. The molecule has 0 radical (unpaired) electrons. The molecule has 2 rings (SSSR count). The number of nitrogen functional groups attached to an aromatic ring is 1. The van der Waals surface area contributed by atoms with Crippen LogP contribution in [-0.2, 0) is 0 Å². The predicted molar refractivity (Wildman–Crippen MR) is 73.2 cm³/mol. The number of hydrogen-bond acceptors (Lipinski definition) is 4. The fourth-order valence-corrected chi connectivity index (χ4v) is 2.28. The van der Waals surface area contributed by atoms with E-state index in [4.69, 9.17) is 15.2 Å². The van der Waals surface area contributed by atoms with Gasteiger partial charge >= 0.3 is 0 Å². The maximum Gasteiger partial charge on any atom is 0.162 e. The van der Waals surface area contributed by atoms with Crippen LogP contribution in [0.25, 0.3) is 0 Å². The van der Waals surface area contributed by atoms with Crippen LogP contribution in [0.5, 0.6) is 11.5 Å². The van der Waals surface area contributed by atoms with E-state index in [2.05, 4.69) is 4.90 Å². The number of methoxy groups -OCH3 is 1. The van der Waals surface area contributed by atoms with Crippen LogP contribution in [0.2, 0.25) is 0 Å². The van der Waals surface area contributed by atoms with Crippen molar-refractivity contribution in [2.24, 2.45) is 0 Å². The first-order valence-electron chi connectivity index (χ1n) is 6.58. The average Bonchev–Trinajstić information content (AvgIpc) is 2.89. The van der Waals surface area contributed by atoms with Crippen LogP contribution < -0.4 is 15.2 Å². The normalized spacial score (nSPS) is 15.8. The van der Waals surface area contributed by atoms with E-state index in [1.807, 2.05) is 12.1 Å². The van der Waals surface area contributed by atoms with E-state index >= 15 is 0 Å². The lowest BCUT2D eigenvalue weighted by Gasteiger charge is -2.15. The molecule has 0 bridgehead atoms. The molecule has 1 heterocycles. The van der Waals surface area contributed by atoms with Gasteiger partial charge in [0.15, 0.2) is 11.5 Å². The Morgan fingerprint density at radius 2 is 2.00 bits per heavy atom. The van der Waals surface area contributed by atoms with Gasteiger partial charge < -0.3 is 20.1 Å². The summed E-state index contributed by atoms with van der Waals surface area (Å²) in [6, 6.07) is 5.48. The first-order chi connectivity index (χ1) is 8.79. The summed E-state index contributed by atoms with van der Waals surface area (Å²) in [4.78, 5) is 2.49. The molecule has 1 aliphatic heterocycles. The van der Waals surface area contributed by atoms with Crippen molar-refractivity contribution < 1.29 is 9.47 Å². The minimum Gasteiger partial charge on any atom is -0.493 e. The van der Waals surface area contributed by atoms with Gasteiger partial charge in [-0.2, -0.15) is 0 Å². The van der Waals surface area contributed by atoms with Crippen molar-refractivity contribution >= 4 is 5.69 Å². The van der Waals surface area contributed by atoms with Crippen LogP contribution >= 0.6 is 0 Å². The van der Waals surface area contributed by atoms with Crippen molar-refractivity contribution in [3.8, 4) is 11.5 Å². The summed E-state index contributed by atoms with van der Waals surface area (Å²) >= 11 is 0. The number of benzene rings is 1. The molecule has 0 amide bonds.